The molecule has 1 heterocycles. The van der Waals surface area contributed by atoms with Crippen molar-refractivity contribution in [2.75, 3.05) is 11.9 Å². The largest absolute Gasteiger partial charge is 0.462 e. The summed E-state index contributed by atoms with van der Waals surface area (Å²) in [4.78, 5) is 25.7. The van der Waals surface area contributed by atoms with Crippen LogP contribution in [0.5, 0.6) is 0 Å². The molecule has 1 aromatic heterocycles. The Bertz CT molecular complexity index is 1030. The number of hydrogen-bond donors (Lipinski definition) is 1. The van der Waals surface area contributed by atoms with Gasteiger partial charge in [-0.05, 0) is 36.8 Å². The number of thiophene rings is 1. The van der Waals surface area contributed by atoms with Crippen LogP contribution in [0.15, 0.2) is 54.6 Å². The Morgan fingerprint density at radius 1 is 1.07 bits per heavy atom. The van der Waals surface area contributed by atoms with Crippen molar-refractivity contribution in [3.63, 3.8) is 0 Å². The zero-order valence-corrected chi connectivity index (χ0v) is 16.7. The second kappa shape index (κ2) is 8.96. The topological polar surface area (TPSA) is 55.4 Å². The van der Waals surface area contributed by atoms with Gasteiger partial charge in [-0.15, -0.1) is 11.3 Å². The van der Waals surface area contributed by atoms with Crippen molar-refractivity contribution >= 4 is 28.2 Å². The van der Waals surface area contributed by atoms with Gasteiger partial charge in [0.25, 0.3) is 5.91 Å². The highest BCUT2D eigenvalue weighted by atomic mass is 32.1. The predicted octanol–water partition coefficient (Wildman–Crippen LogP) is 5.61. The van der Waals surface area contributed by atoms with Gasteiger partial charge < -0.3 is 10.1 Å². The van der Waals surface area contributed by atoms with Crippen molar-refractivity contribution in [1.29, 1.82) is 0 Å². The van der Waals surface area contributed by atoms with Gasteiger partial charge in [0.05, 0.1) is 17.7 Å². The number of carbonyl (C=O) groups is 2. The molecule has 0 saturated carbocycles. The van der Waals surface area contributed by atoms with Crippen LogP contribution in [0, 0.1) is 11.6 Å². The number of carbonyl (C=O) groups excluding carboxylic acids is 2. The maximum absolute atomic E-state index is 13.9. The Labute approximate surface area is 171 Å². The van der Waals surface area contributed by atoms with E-state index in [1.165, 1.54) is 11.3 Å². The van der Waals surface area contributed by atoms with Crippen molar-refractivity contribution in [3.05, 3.63) is 87.8 Å². The zero-order chi connectivity index (χ0) is 21.0. The zero-order valence-electron chi connectivity index (χ0n) is 15.9. The molecule has 0 unspecified atom stereocenters. The normalized spacial score (nSPS) is 11.7. The van der Waals surface area contributed by atoms with E-state index in [-0.39, 0.29) is 23.1 Å². The van der Waals surface area contributed by atoms with Crippen molar-refractivity contribution in [2.24, 2.45) is 0 Å². The second-order valence-corrected chi connectivity index (χ2v) is 7.41. The highest BCUT2D eigenvalue weighted by molar-refractivity contribution is 7.16. The molecule has 29 heavy (non-hydrogen) atoms. The standard InChI is InChI=1S/C22H19F2NO3S/c1-3-28-22(27)17-12-19(13(2)14-7-5-4-6-8-14)29-21(17)25-20(26)16-11-15(23)9-10-18(16)24/h4-13H,3H2,1-2H3,(H,25,26)/t13-/m0/s1. The molecule has 0 aliphatic rings. The molecular formula is C22H19F2NO3S. The molecule has 3 rings (SSSR count). The Hall–Kier alpha value is -3.06. The lowest BCUT2D eigenvalue weighted by Crippen LogP contribution is -2.15. The summed E-state index contributed by atoms with van der Waals surface area (Å²) < 4.78 is 32.5. The fraction of sp³-hybridized carbons (Fsp3) is 0.182. The van der Waals surface area contributed by atoms with Crippen LogP contribution in [-0.2, 0) is 4.74 Å². The summed E-state index contributed by atoms with van der Waals surface area (Å²) in [5, 5.41) is 2.76. The minimum atomic E-state index is -0.851. The molecular weight excluding hydrogens is 396 g/mol. The van der Waals surface area contributed by atoms with Gasteiger partial charge in [0.2, 0.25) is 0 Å². The van der Waals surface area contributed by atoms with Crippen LogP contribution in [0.4, 0.5) is 13.8 Å². The van der Waals surface area contributed by atoms with E-state index in [9.17, 15) is 18.4 Å². The molecule has 1 amide bonds. The fourth-order valence-electron chi connectivity index (χ4n) is 2.82. The molecule has 0 fully saturated rings. The molecule has 0 aliphatic carbocycles. The molecule has 0 aliphatic heterocycles. The van der Waals surface area contributed by atoms with E-state index in [4.69, 9.17) is 4.74 Å². The Morgan fingerprint density at radius 2 is 1.79 bits per heavy atom. The highest BCUT2D eigenvalue weighted by Gasteiger charge is 2.23. The molecule has 0 bridgehead atoms. The molecule has 0 saturated heterocycles. The third-order valence-corrected chi connectivity index (χ3v) is 5.61. The Morgan fingerprint density at radius 3 is 2.48 bits per heavy atom. The number of esters is 1. The number of benzene rings is 2. The number of halogens is 2. The molecule has 150 valence electrons. The lowest BCUT2D eigenvalue weighted by Gasteiger charge is -2.09. The molecule has 2 aromatic carbocycles. The minimum absolute atomic E-state index is 0.0362. The van der Waals surface area contributed by atoms with Crippen molar-refractivity contribution in [1.82, 2.24) is 0 Å². The van der Waals surface area contributed by atoms with Crippen LogP contribution in [-0.4, -0.2) is 18.5 Å². The van der Waals surface area contributed by atoms with Crippen molar-refractivity contribution in [3.8, 4) is 0 Å². The molecule has 7 heteroatoms. The van der Waals surface area contributed by atoms with E-state index >= 15 is 0 Å². The van der Waals surface area contributed by atoms with E-state index in [1.807, 2.05) is 37.3 Å². The lowest BCUT2D eigenvalue weighted by atomic mass is 9.99. The molecule has 0 spiro atoms. The minimum Gasteiger partial charge on any atom is -0.462 e. The van der Waals surface area contributed by atoms with Crippen LogP contribution >= 0.6 is 11.3 Å². The molecule has 1 atom stereocenters. The van der Waals surface area contributed by atoms with Gasteiger partial charge >= 0.3 is 5.97 Å². The molecule has 3 aromatic rings. The second-order valence-electron chi connectivity index (χ2n) is 6.32. The number of nitrogens with one attached hydrogen (secondary N) is 1. The molecule has 1 N–H and O–H groups in total. The first-order valence-corrected chi connectivity index (χ1v) is 9.84. The van der Waals surface area contributed by atoms with E-state index in [0.717, 1.165) is 28.6 Å². The van der Waals surface area contributed by atoms with Gasteiger partial charge in [-0.2, -0.15) is 0 Å². The average molecular weight is 415 g/mol. The van der Waals surface area contributed by atoms with Gasteiger partial charge in [0, 0.05) is 10.8 Å². The van der Waals surface area contributed by atoms with E-state index < -0.39 is 29.1 Å². The first kappa shape index (κ1) is 20.7. The Balaban J connectivity index is 1.96. The lowest BCUT2D eigenvalue weighted by molar-refractivity contribution is 0.0528. The summed E-state index contributed by atoms with van der Waals surface area (Å²) in [6.07, 6.45) is 0. The van der Waals surface area contributed by atoms with Gasteiger partial charge in [-0.1, -0.05) is 37.3 Å². The Kier molecular flexibility index (Phi) is 6.39. The van der Waals surface area contributed by atoms with E-state index in [2.05, 4.69) is 5.32 Å². The van der Waals surface area contributed by atoms with Gasteiger partial charge in [-0.25, -0.2) is 13.6 Å². The number of amides is 1. The summed E-state index contributed by atoms with van der Waals surface area (Å²) in [7, 11) is 0. The maximum Gasteiger partial charge on any atom is 0.341 e. The van der Waals surface area contributed by atoms with Gasteiger partial charge in [0.1, 0.15) is 16.6 Å². The van der Waals surface area contributed by atoms with E-state index in [0.29, 0.717) is 0 Å². The third-order valence-electron chi connectivity index (χ3n) is 4.37. The third kappa shape index (κ3) is 4.68. The number of ether oxygens (including phenoxy) is 1. The van der Waals surface area contributed by atoms with Crippen LogP contribution in [0.1, 0.15) is 50.9 Å². The first-order valence-electron chi connectivity index (χ1n) is 9.03. The van der Waals surface area contributed by atoms with E-state index in [1.54, 1.807) is 13.0 Å². The van der Waals surface area contributed by atoms with Crippen LogP contribution in [0.2, 0.25) is 0 Å². The smallest absolute Gasteiger partial charge is 0.341 e. The maximum atomic E-state index is 13.9. The summed E-state index contributed by atoms with van der Waals surface area (Å²) >= 11 is 1.20. The average Bonchev–Trinajstić information content (AvgIpc) is 3.13. The summed E-state index contributed by atoms with van der Waals surface area (Å²) in [5.41, 5.74) is 0.781. The highest BCUT2D eigenvalue weighted by Crippen LogP contribution is 2.36. The van der Waals surface area contributed by atoms with Crippen LogP contribution < -0.4 is 5.32 Å². The predicted molar refractivity (Wildman–Crippen MR) is 109 cm³/mol. The van der Waals surface area contributed by atoms with Gasteiger partial charge in [0.15, 0.2) is 0 Å². The summed E-state index contributed by atoms with van der Waals surface area (Å²) in [6.45, 7) is 3.83. The SMILES string of the molecule is CCOC(=O)c1cc([C@@H](C)c2ccccc2)sc1NC(=O)c1cc(F)ccc1F. The molecule has 0 radical (unpaired) electrons. The summed E-state index contributed by atoms with van der Waals surface area (Å²) in [6, 6.07) is 14.0. The summed E-state index contributed by atoms with van der Waals surface area (Å²) in [5.74, 6) is -3.05. The number of anilines is 1. The molecule has 4 nitrogen and oxygen atoms in total. The van der Waals surface area contributed by atoms with Crippen molar-refractivity contribution < 1.29 is 23.1 Å². The fourth-order valence-corrected chi connectivity index (χ4v) is 3.95. The van der Waals surface area contributed by atoms with Crippen LogP contribution in [0.25, 0.3) is 0 Å². The van der Waals surface area contributed by atoms with Crippen LogP contribution in [0.3, 0.4) is 0 Å². The number of hydrogen-bond acceptors (Lipinski definition) is 4. The monoisotopic (exact) mass is 415 g/mol. The first-order chi connectivity index (χ1) is 13.9. The van der Waals surface area contributed by atoms with Gasteiger partial charge in [-0.3, -0.25) is 4.79 Å². The number of rotatable bonds is 6. The quantitative estimate of drug-likeness (QED) is 0.533. The van der Waals surface area contributed by atoms with Crippen molar-refractivity contribution in [2.45, 2.75) is 19.8 Å².